The molecule has 0 spiro atoms. The standard InChI is InChI=1S/C16H20N4O2.ClH/c1-11-18-15(19-22-11)8-12-4-3-7-20(10-12)16(21)13-5-2-6-14(17)9-13;/h2,5-6,9,12H,3-4,7-8,10,17H2,1H3;1H. The van der Waals surface area contributed by atoms with Gasteiger partial charge < -0.3 is 15.2 Å². The molecule has 1 amide bonds. The van der Waals surface area contributed by atoms with Crippen LogP contribution in [-0.4, -0.2) is 34.0 Å². The molecule has 1 aromatic carbocycles. The molecule has 0 saturated carbocycles. The lowest BCUT2D eigenvalue weighted by atomic mass is 9.94. The maximum Gasteiger partial charge on any atom is 0.253 e. The topological polar surface area (TPSA) is 85.2 Å². The zero-order valence-electron chi connectivity index (χ0n) is 13.1. The molecule has 23 heavy (non-hydrogen) atoms. The molecule has 6 nitrogen and oxygen atoms in total. The molecule has 0 radical (unpaired) electrons. The van der Waals surface area contributed by atoms with Crippen LogP contribution in [0.15, 0.2) is 28.8 Å². The van der Waals surface area contributed by atoms with Gasteiger partial charge in [-0.3, -0.25) is 4.79 Å². The van der Waals surface area contributed by atoms with Crippen molar-refractivity contribution in [1.82, 2.24) is 15.0 Å². The van der Waals surface area contributed by atoms with Crippen molar-refractivity contribution in [2.24, 2.45) is 5.92 Å². The summed E-state index contributed by atoms with van der Waals surface area (Å²) < 4.78 is 5.01. The third-order valence-electron chi connectivity index (χ3n) is 3.98. The van der Waals surface area contributed by atoms with Crippen molar-refractivity contribution in [2.75, 3.05) is 18.8 Å². The quantitative estimate of drug-likeness (QED) is 0.870. The van der Waals surface area contributed by atoms with Gasteiger partial charge in [-0.2, -0.15) is 4.98 Å². The summed E-state index contributed by atoms with van der Waals surface area (Å²) in [6, 6.07) is 7.14. The van der Waals surface area contributed by atoms with Gasteiger partial charge in [0, 0.05) is 37.7 Å². The number of hydrogen-bond donors (Lipinski definition) is 1. The Kier molecular flexibility index (Phi) is 5.60. The van der Waals surface area contributed by atoms with Crippen molar-refractivity contribution in [2.45, 2.75) is 26.2 Å². The molecular formula is C16H21ClN4O2. The van der Waals surface area contributed by atoms with Crippen LogP contribution in [0.1, 0.15) is 34.9 Å². The highest BCUT2D eigenvalue weighted by Crippen LogP contribution is 2.22. The van der Waals surface area contributed by atoms with Crippen LogP contribution in [0.25, 0.3) is 0 Å². The van der Waals surface area contributed by atoms with Crippen LogP contribution in [0.3, 0.4) is 0 Å². The number of aromatic nitrogens is 2. The largest absolute Gasteiger partial charge is 0.399 e. The van der Waals surface area contributed by atoms with E-state index in [1.165, 1.54) is 0 Å². The van der Waals surface area contributed by atoms with Gasteiger partial charge >= 0.3 is 0 Å². The molecule has 1 saturated heterocycles. The van der Waals surface area contributed by atoms with Crippen molar-refractivity contribution in [1.29, 1.82) is 0 Å². The second-order valence-electron chi connectivity index (χ2n) is 5.82. The molecule has 0 aliphatic carbocycles. The average molecular weight is 337 g/mol. The first-order chi connectivity index (χ1) is 10.6. The number of anilines is 1. The summed E-state index contributed by atoms with van der Waals surface area (Å²) in [6.07, 6.45) is 2.82. The monoisotopic (exact) mass is 336 g/mol. The van der Waals surface area contributed by atoms with Gasteiger partial charge in [-0.25, -0.2) is 0 Å². The van der Waals surface area contributed by atoms with E-state index < -0.39 is 0 Å². The Morgan fingerprint density at radius 2 is 2.30 bits per heavy atom. The Morgan fingerprint density at radius 1 is 1.48 bits per heavy atom. The Hall–Kier alpha value is -2.08. The van der Waals surface area contributed by atoms with Gasteiger partial charge in [-0.05, 0) is 37.0 Å². The SMILES string of the molecule is Cc1nc(CC2CCCN(C(=O)c3cccc(N)c3)C2)no1.Cl. The third-order valence-corrected chi connectivity index (χ3v) is 3.98. The molecule has 3 rings (SSSR count). The van der Waals surface area contributed by atoms with E-state index >= 15 is 0 Å². The number of nitrogen functional groups attached to an aromatic ring is 1. The number of benzene rings is 1. The molecular weight excluding hydrogens is 316 g/mol. The van der Waals surface area contributed by atoms with Gasteiger partial charge in [-0.15, -0.1) is 12.4 Å². The Labute approximate surface area is 141 Å². The molecule has 2 N–H and O–H groups in total. The lowest BCUT2D eigenvalue weighted by Gasteiger charge is -2.32. The number of rotatable bonds is 3. The van der Waals surface area contributed by atoms with Gasteiger partial charge in [0.1, 0.15) is 0 Å². The fourth-order valence-electron chi connectivity index (χ4n) is 2.95. The summed E-state index contributed by atoms with van der Waals surface area (Å²) in [6.45, 7) is 3.30. The number of hydrogen-bond acceptors (Lipinski definition) is 5. The van der Waals surface area contributed by atoms with E-state index in [4.69, 9.17) is 10.3 Å². The minimum absolute atomic E-state index is 0. The van der Waals surface area contributed by atoms with E-state index in [-0.39, 0.29) is 18.3 Å². The Balaban J connectivity index is 0.00000192. The van der Waals surface area contributed by atoms with Crippen LogP contribution in [0.2, 0.25) is 0 Å². The van der Waals surface area contributed by atoms with Crippen molar-refractivity contribution >= 4 is 24.0 Å². The van der Waals surface area contributed by atoms with Gasteiger partial charge in [-0.1, -0.05) is 11.2 Å². The van der Waals surface area contributed by atoms with Crippen LogP contribution in [-0.2, 0) is 6.42 Å². The minimum atomic E-state index is 0. The van der Waals surface area contributed by atoms with Crippen LogP contribution in [0.5, 0.6) is 0 Å². The van der Waals surface area contributed by atoms with E-state index in [1.54, 1.807) is 19.1 Å². The number of nitrogens with two attached hydrogens (primary N) is 1. The molecule has 1 aromatic heterocycles. The molecule has 1 unspecified atom stereocenters. The zero-order valence-corrected chi connectivity index (χ0v) is 13.9. The number of piperidine rings is 1. The zero-order chi connectivity index (χ0) is 15.5. The fourth-order valence-corrected chi connectivity index (χ4v) is 2.95. The van der Waals surface area contributed by atoms with Crippen molar-refractivity contribution in [3.63, 3.8) is 0 Å². The highest BCUT2D eigenvalue weighted by Gasteiger charge is 2.25. The molecule has 1 fully saturated rings. The number of halogens is 1. The number of likely N-dealkylation sites (tertiary alicyclic amines) is 1. The number of aryl methyl sites for hydroxylation is 1. The molecule has 0 bridgehead atoms. The maximum absolute atomic E-state index is 12.6. The van der Waals surface area contributed by atoms with Crippen molar-refractivity contribution in [3.05, 3.63) is 41.5 Å². The van der Waals surface area contributed by atoms with E-state index in [2.05, 4.69) is 10.1 Å². The average Bonchev–Trinajstić information content (AvgIpc) is 2.92. The van der Waals surface area contributed by atoms with Gasteiger partial charge in [0.15, 0.2) is 5.82 Å². The van der Waals surface area contributed by atoms with E-state index in [0.717, 1.165) is 38.2 Å². The Bertz CT molecular complexity index is 674. The van der Waals surface area contributed by atoms with Gasteiger partial charge in [0.05, 0.1) is 0 Å². The summed E-state index contributed by atoms with van der Waals surface area (Å²) in [4.78, 5) is 18.7. The predicted octanol–water partition coefficient (Wildman–Crippen LogP) is 2.48. The summed E-state index contributed by atoms with van der Waals surface area (Å²) in [7, 11) is 0. The van der Waals surface area contributed by atoms with E-state index in [1.807, 2.05) is 17.0 Å². The fraction of sp³-hybridized carbons (Fsp3) is 0.438. The van der Waals surface area contributed by atoms with Crippen LogP contribution >= 0.6 is 12.4 Å². The molecule has 2 heterocycles. The van der Waals surface area contributed by atoms with Gasteiger partial charge in [0.2, 0.25) is 5.89 Å². The van der Waals surface area contributed by atoms with Crippen molar-refractivity contribution < 1.29 is 9.32 Å². The van der Waals surface area contributed by atoms with Crippen molar-refractivity contribution in [3.8, 4) is 0 Å². The first kappa shape index (κ1) is 17.3. The summed E-state index contributed by atoms with van der Waals surface area (Å²) in [5, 5.41) is 3.94. The maximum atomic E-state index is 12.6. The summed E-state index contributed by atoms with van der Waals surface area (Å²) in [5.41, 5.74) is 7.02. The second kappa shape index (κ2) is 7.46. The number of carbonyl (C=O) groups is 1. The summed E-state index contributed by atoms with van der Waals surface area (Å²) >= 11 is 0. The van der Waals surface area contributed by atoms with E-state index in [9.17, 15) is 4.79 Å². The molecule has 1 aliphatic heterocycles. The highest BCUT2D eigenvalue weighted by molar-refractivity contribution is 5.95. The number of carbonyl (C=O) groups excluding carboxylic acids is 1. The van der Waals surface area contributed by atoms with Crippen LogP contribution in [0.4, 0.5) is 5.69 Å². The molecule has 1 atom stereocenters. The first-order valence-electron chi connectivity index (χ1n) is 7.56. The minimum Gasteiger partial charge on any atom is -0.399 e. The van der Waals surface area contributed by atoms with Crippen LogP contribution in [0, 0.1) is 12.8 Å². The number of nitrogens with zero attached hydrogens (tertiary/aromatic N) is 3. The lowest BCUT2D eigenvalue weighted by Crippen LogP contribution is -2.40. The molecule has 2 aromatic rings. The van der Waals surface area contributed by atoms with E-state index in [0.29, 0.717) is 23.1 Å². The molecule has 124 valence electrons. The second-order valence-corrected chi connectivity index (χ2v) is 5.82. The smallest absolute Gasteiger partial charge is 0.253 e. The summed E-state index contributed by atoms with van der Waals surface area (Å²) in [5.74, 6) is 1.72. The lowest BCUT2D eigenvalue weighted by molar-refractivity contribution is 0.0672. The van der Waals surface area contributed by atoms with Gasteiger partial charge in [0.25, 0.3) is 5.91 Å². The predicted molar refractivity (Wildman–Crippen MR) is 89.5 cm³/mol. The third kappa shape index (κ3) is 4.22. The molecule has 1 aliphatic rings. The first-order valence-corrected chi connectivity index (χ1v) is 7.56. The normalized spacial score (nSPS) is 17.6. The highest BCUT2D eigenvalue weighted by atomic mass is 35.5. The van der Waals surface area contributed by atoms with Crippen LogP contribution < -0.4 is 5.73 Å². The number of amides is 1. The molecule has 7 heteroatoms. The Morgan fingerprint density at radius 3 is 3.00 bits per heavy atom.